The van der Waals surface area contributed by atoms with Crippen LogP contribution in [0.3, 0.4) is 0 Å². The molecule has 2 aromatic heterocycles. The van der Waals surface area contributed by atoms with Crippen molar-refractivity contribution >= 4 is 23.3 Å². The second-order valence-electron chi connectivity index (χ2n) is 6.60. The Balaban J connectivity index is 1.78. The van der Waals surface area contributed by atoms with Gasteiger partial charge in [0.1, 0.15) is 4.88 Å². The van der Waals surface area contributed by atoms with Crippen LogP contribution in [0.25, 0.3) is 10.6 Å². The van der Waals surface area contributed by atoms with Gasteiger partial charge in [-0.1, -0.05) is 6.58 Å². The lowest BCUT2D eigenvalue weighted by atomic mass is 9.88. The van der Waals surface area contributed by atoms with Crippen LogP contribution in [0.15, 0.2) is 36.7 Å². The van der Waals surface area contributed by atoms with Crippen molar-refractivity contribution in [3.05, 3.63) is 41.5 Å². The molecular weight excluding hydrogens is 324 g/mol. The first-order valence-electron chi connectivity index (χ1n) is 7.71. The normalized spacial score (nSPS) is 19.6. The molecular formula is C17H20N4O2S. The molecule has 0 bridgehead atoms. The molecule has 0 saturated carbocycles. The lowest BCUT2D eigenvalue weighted by Crippen LogP contribution is -2.48. The summed E-state index contributed by atoms with van der Waals surface area (Å²) in [5.41, 5.74) is 1.70. The van der Waals surface area contributed by atoms with E-state index in [2.05, 4.69) is 41.0 Å². The summed E-state index contributed by atoms with van der Waals surface area (Å²) in [6, 6.07) is 5.36. The van der Waals surface area contributed by atoms with Crippen LogP contribution in [0.4, 0.5) is 5.95 Å². The first-order chi connectivity index (χ1) is 11.3. The summed E-state index contributed by atoms with van der Waals surface area (Å²) in [7, 11) is 0. The van der Waals surface area contributed by atoms with Crippen LogP contribution in [0, 0.1) is 0 Å². The van der Waals surface area contributed by atoms with Crippen LogP contribution in [0.2, 0.25) is 0 Å². The first kappa shape index (κ1) is 16.4. The van der Waals surface area contributed by atoms with Gasteiger partial charge in [0, 0.05) is 29.9 Å². The maximum Gasteiger partial charge on any atom is 0.345 e. The Hall–Kier alpha value is -2.41. The number of rotatable bonds is 4. The number of hydrogen-bond donors (Lipinski definition) is 3. The molecule has 24 heavy (non-hydrogen) atoms. The van der Waals surface area contributed by atoms with E-state index < -0.39 is 5.97 Å². The second-order valence-corrected chi connectivity index (χ2v) is 7.68. The van der Waals surface area contributed by atoms with Crippen molar-refractivity contribution in [2.45, 2.75) is 38.3 Å². The predicted octanol–water partition coefficient (Wildman–Crippen LogP) is 3.36. The van der Waals surface area contributed by atoms with Crippen molar-refractivity contribution in [3.8, 4) is 10.6 Å². The molecule has 1 aliphatic rings. The Kier molecular flexibility index (Phi) is 4.28. The van der Waals surface area contributed by atoms with Crippen molar-refractivity contribution in [1.29, 1.82) is 0 Å². The highest BCUT2D eigenvalue weighted by atomic mass is 32.1. The second kappa shape index (κ2) is 6.24. The average Bonchev–Trinajstić information content (AvgIpc) is 2.95. The fraction of sp³-hybridized carbons (Fsp3) is 0.353. The topological polar surface area (TPSA) is 87.1 Å². The fourth-order valence-corrected chi connectivity index (χ4v) is 3.82. The van der Waals surface area contributed by atoms with Gasteiger partial charge < -0.3 is 15.7 Å². The minimum Gasteiger partial charge on any atom is -0.477 e. The summed E-state index contributed by atoms with van der Waals surface area (Å²) in [4.78, 5) is 20.9. The molecule has 0 radical (unpaired) electrons. The van der Waals surface area contributed by atoms with E-state index in [1.807, 2.05) is 0 Å². The van der Waals surface area contributed by atoms with E-state index in [-0.39, 0.29) is 11.6 Å². The van der Waals surface area contributed by atoms with Gasteiger partial charge >= 0.3 is 5.97 Å². The molecule has 126 valence electrons. The van der Waals surface area contributed by atoms with Gasteiger partial charge in [-0.25, -0.2) is 14.8 Å². The molecule has 0 amide bonds. The summed E-state index contributed by atoms with van der Waals surface area (Å²) in [5, 5.41) is 15.8. The predicted molar refractivity (Wildman–Crippen MR) is 95.3 cm³/mol. The third-order valence-corrected chi connectivity index (χ3v) is 4.92. The van der Waals surface area contributed by atoms with E-state index in [1.54, 1.807) is 24.4 Å². The maximum absolute atomic E-state index is 11.0. The molecule has 0 aromatic carbocycles. The number of carbonyl (C=O) groups is 1. The first-order valence-corrected chi connectivity index (χ1v) is 8.53. The molecule has 7 heteroatoms. The SMILES string of the molecule is C=C1CC(Nc2nccc(-c3ccc(C(=O)O)s3)n2)CC(C)(C)N1. The van der Waals surface area contributed by atoms with Crippen LogP contribution < -0.4 is 10.6 Å². The van der Waals surface area contributed by atoms with Crippen LogP contribution >= 0.6 is 11.3 Å². The highest BCUT2D eigenvalue weighted by Crippen LogP contribution is 2.28. The number of nitrogens with one attached hydrogen (secondary N) is 2. The van der Waals surface area contributed by atoms with Crippen molar-refractivity contribution in [3.63, 3.8) is 0 Å². The van der Waals surface area contributed by atoms with Crippen molar-refractivity contribution < 1.29 is 9.90 Å². The van der Waals surface area contributed by atoms with E-state index in [4.69, 9.17) is 5.11 Å². The molecule has 2 aromatic rings. The number of thiophene rings is 1. The van der Waals surface area contributed by atoms with E-state index in [0.29, 0.717) is 10.8 Å². The fourth-order valence-electron chi connectivity index (χ4n) is 3.01. The number of nitrogens with zero attached hydrogens (tertiary/aromatic N) is 2. The Bertz CT molecular complexity index is 784. The summed E-state index contributed by atoms with van der Waals surface area (Å²) in [6.45, 7) is 8.32. The van der Waals surface area contributed by atoms with Crippen molar-refractivity contribution in [2.75, 3.05) is 5.32 Å². The molecule has 1 unspecified atom stereocenters. The van der Waals surface area contributed by atoms with Crippen LogP contribution in [-0.4, -0.2) is 32.6 Å². The Morgan fingerprint density at radius 3 is 2.92 bits per heavy atom. The van der Waals surface area contributed by atoms with Crippen molar-refractivity contribution in [1.82, 2.24) is 15.3 Å². The quantitative estimate of drug-likeness (QED) is 0.788. The molecule has 3 rings (SSSR count). The molecule has 1 atom stereocenters. The molecule has 1 aliphatic heterocycles. The molecule has 1 saturated heterocycles. The maximum atomic E-state index is 11.0. The molecule has 0 spiro atoms. The zero-order chi connectivity index (χ0) is 17.3. The Morgan fingerprint density at radius 1 is 1.46 bits per heavy atom. The number of piperidine rings is 1. The van der Waals surface area contributed by atoms with Gasteiger partial charge in [0.2, 0.25) is 5.95 Å². The van der Waals surface area contributed by atoms with E-state index >= 15 is 0 Å². The van der Waals surface area contributed by atoms with Gasteiger partial charge in [0.25, 0.3) is 0 Å². The van der Waals surface area contributed by atoms with Gasteiger partial charge in [0.15, 0.2) is 0 Å². The van der Waals surface area contributed by atoms with Gasteiger partial charge in [-0.05, 0) is 38.5 Å². The van der Waals surface area contributed by atoms with E-state index in [9.17, 15) is 4.79 Å². The third kappa shape index (κ3) is 3.73. The summed E-state index contributed by atoms with van der Waals surface area (Å²) in [6.07, 6.45) is 3.44. The lowest BCUT2D eigenvalue weighted by molar-refractivity contribution is 0.0702. The molecule has 3 heterocycles. The zero-order valence-corrected chi connectivity index (χ0v) is 14.5. The minimum absolute atomic E-state index is 0.0191. The lowest BCUT2D eigenvalue weighted by Gasteiger charge is -2.38. The molecule has 3 N–H and O–H groups in total. The smallest absolute Gasteiger partial charge is 0.345 e. The Morgan fingerprint density at radius 2 is 2.25 bits per heavy atom. The number of carboxylic acids is 1. The number of aromatic carboxylic acids is 1. The van der Waals surface area contributed by atoms with Gasteiger partial charge in [-0.3, -0.25) is 0 Å². The number of carboxylic acid groups (broad SMARTS) is 1. The standard InChI is InChI=1S/C17H20N4O2S/c1-10-8-11(9-17(2,3)21-10)19-16-18-7-6-12(20-16)13-4-5-14(24-13)15(22)23/h4-7,11,21H,1,8-9H2,2-3H3,(H,22,23)(H,18,19,20). The van der Waals surface area contributed by atoms with Crippen LogP contribution in [0.1, 0.15) is 36.4 Å². The van der Waals surface area contributed by atoms with Gasteiger partial charge in [-0.2, -0.15) is 0 Å². The van der Waals surface area contributed by atoms with Crippen LogP contribution in [0.5, 0.6) is 0 Å². The van der Waals surface area contributed by atoms with E-state index in [0.717, 1.165) is 29.1 Å². The summed E-state index contributed by atoms with van der Waals surface area (Å²) in [5.74, 6) is -0.373. The minimum atomic E-state index is -0.922. The zero-order valence-electron chi connectivity index (χ0n) is 13.7. The largest absolute Gasteiger partial charge is 0.477 e. The molecule has 1 fully saturated rings. The number of hydrogen-bond acceptors (Lipinski definition) is 6. The Labute approximate surface area is 144 Å². The van der Waals surface area contributed by atoms with Gasteiger partial charge in [-0.15, -0.1) is 11.3 Å². The van der Waals surface area contributed by atoms with E-state index in [1.165, 1.54) is 11.3 Å². The van der Waals surface area contributed by atoms with Gasteiger partial charge in [0.05, 0.1) is 10.6 Å². The number of anilines is 1. The average molecular weight is 344 g/mol. The molecule has 0 aliphatic carbocycles. The van der Waals surface area contributed by atoms with Crippen LogP contribution in [-0.2, 0) is 0 Å². The monoisotopic (exact) mass is 344 g/mol. The summed E-state index contributed by atoms with van der Waals surface area (Å²) < 4.78 is 0. The highest BCUT2D eigenvalue weighted by molar-refractivity contribution is 7.17. The number of aromatic nitrogens is 2. The third-order valence-electron chi connectivity index (χ3n) is 3.82. The molecule has 6 nitrogen and oxygen atoms in total. The highest BCUT2D eigenvalue weighted by Gasteiger charge is 2.29. The summed E-state index contributed by atoms with van der Waals surface area (Å²) >= 11 is 1.21. The van der Waals surface area contributed by atoms with Crippen molar-refractivity contribution in [2.24, 2.45) is 0 Å².